The van der Waals surface area contributed by atoms with Crippen molar-refractivity contribution in [2.75, 3.05) is 10.0 Å². The maximum absolute atomic E-state index is 12.6. The second-order valence-electron chi connectivity index (χ2n) is 5.84. The third-order valence-corrected chi connectivity index (χ3v) is 6.08. The number of hydrogen-bond acceptors (Lipinski definition) is 7. The van der Waals surface area contributed by atoms with Crippen LogP contribution >= 0.6 is 11.3 Å². The molecular formula is C17H11F3N4O5S2. The van der Waals surface area contributed by atoms with Crippen LogP contribution in [0.3, 0.4) is 0 Å². The molecule has 3 aromatic rings. The Bertz CT molecular complexity index is 1240. The lowest BCUT2D eigenvalue weighted by Crippen LogP contribution is -2.16. The van der Waals surface area contributed by atoms with Gasteiger partial charge in [-0.05, 0) is 36.4 Å². The summed E-state index contributed by atoms with van der Waals surface area (Å²) in [6.45, 7) is 0. The fourth-order valence-corrected chi connectivity index (χ4v) is 4.18. The Kier molecular flexibility index (Phi) is 5.94. The minimum Gasteiger partial charge on any atom is -0.478 e. The van der Waals surface area contributed by atoms with Crippen LogP contribution in [0.4, 0.5) is 24.0 Å². The second kappa shape index (κ2) is 8.31. The van der Waals surface area contributed by atoms with Crippen LogP contribution in [0.25, 0.3) is 0 Å². The lowest BCUT2D eigenvalue weighted by Gasteiger charge is -2.09. The first-order chi connectivity index (χ1) is 14.5. The number of carbonyl (C=O) groups is 2. The molecule has 3 rings (SSSR count). The average Bonchev–Trinajstić information content (AvgIpc) is 3.16. The molecule has 1 amide bonds. The molecule has 14 heteroatoms. The summed E-state index contributed by atoms with van der Waals surface area (Å²) in [6, 6.07) is 10.2. The maximum atomic E-state index is 12.6. The number of nitrogens with zero attached hydrogens (tertiary/aromatic N) is 2. The van der Waals surface area contributed by atoms with Gasteiger partial charge in [0.05, 0.1) is 16.0 Å². The van der Waals surface area contributed by atoms with E-state index < -0.39 is 38.2 Å². The van der Waals surface area contributed by atoms with Crippen LogP contribution < -0.4 is 10.0 Å². The van der Waals surface area contributed by atoms with Gasteiger partial charge in [0.15, 0.2) is 0 Å². The number of carboxylic acids is 1. The van der Waals surface area contributed by atoms with Crippen LogP contribution in [0.2, 0.25) is 0 Å². The summed E-state index contributed by atoms with van der Waals surface area (Å²) in [5, 5.41) is 15.8. The van der Waals surface area contributed by atoms with Crippen molar-refractivity contribution in [3.8, 4) is 0 Å². The van der Waals surface area contributed by atoms with Gasteiger partial charge in [0, 0.05) is 5.69 Å². The Hall–Kier alpha value is -3.52. The van der Waals surface area contributed by atoms with Crippen molar-refractivity contribution < 1.29 is 36.3 Å². The van der Waals surface area contributed by atoms with Crippen LogP contribution in [0, 0.1) is 0 Å². The van der Waals surface area contributed by atoms with E-state index >= 15 is 0 Å². The summed E-state index contributed by atoms with van der Waals surface area (Å²) < 4.78 is 64.2. The third kappa shape index (κ3) is 5.16. The quantitative estimate of drug-likeness (QED) is 0.500. The van der Waals surface area contributed by atoms with Gasteiger partial charge < -0.3 is 10.4 Å². The van der Waals surface area contributed by atoms with E-state index in [1.165, 1.54) is 36.4 Å². The predicted molar refractivity (Wildman–Crippen MR) is 104 cm³/mol. The molecule has 1 heterocycles. The largest absolute Gasteiger partial charge is 0.478 e. The molecule has 0 aliphatic heterocycles. The van der Waals surface area contributed by atoms with E-state index in [9.17, 15) is 31.2 Å². The summed E-state index contributed by atoms with van der Waals surface area (Å²) >= 11 is 0.0317. The zero-order valence-corrected chi connectivity index (χ0v) is 16.7. The number of carbonyl (C=O) groups excluding carboxylic acids is 1. The lowest BCUT2D eigenvalue weighted by atomic mass is 10.1. The van der Waals surface area contributed by atoms with Crippen LogP contribution in [-0.4, -0.2) is 35.6 Å². The van der Waals surface area contributed by atoms with Crippen molar-refractivity contribution >= 4 is 44.1 Å². The molecule has 31 heavy (non-hydrogen) atoms. The van der Waals surface area contributed by atoms with E-state index in [0.717, 1.165) is 12.1 Å². The smallest absolute Gasteiger partial charge is 0.445 e. The first-order valence-electron chi connectivity index (χ1n) is 8.14. The zero-order chi connectivity index (χ0) is 22.8. The monoisotopic (exact) mass is 472 g/mol. The SMILES string of the molecule is O=C(O)c1ccccc1C(=O)Nc1ccc(S(=O)(=O)Nc2nnc(C(F)(F)F)s2)cc1. The number of nitrogens with one attached hydrogen (secondary N) is 2. The van der Waals surface area contributed by atoms with Crippen LogP contribution in [0.15, 0.2) is 53.4 Å². The minimum absolute atomic E-state index is 0.0317. The molecule has 0 unspecified atom stereocenters. The Morgan fingerprint density at radius 1 is 0.968 bits per heavy atom. The van der Waals surface area contributed by atoms with Crippen molar-refractivity contribution in [3.63, 3.8) is 0 Å². The lowest BCUT2D eigenvalue weighted by molar-refractivity contribution is -0.138. The first kappa shape index (κ1) is 22.2. The molecule has 0 aliphatic rings. The van der Waals surface area contributed by atoms with Gasteiger partial charge in [0.25, 0.3) is 15.9 Å². The molecule has 0 fully saturated rings. The Morgan fingerprint density at radius 2 is 1.58 bits per heavy atom. The molecule has 0 aliphatic carbocycles. The summed E-state index contributed by atoms with van der Waals surface area (Å²) in [6.07, 6.45) is -4.75. The number of anilines is 2. The first-order valence-corrected chi connectivity index (χ1v) is 10.4. The minimum atomic E-state index is -4.75. The summed E-state index contributed by atoms with van der Waals surface area (Å²) in [7, 11) is -4.26. The molecule has 162 valence electrons. The van der Waals surface area contributed by atoms with Gasteiger partial charge in [-0.2, -0.15) is 13.2 Å². The zero-order valence-electron chi connectivity index (χ0n) is 15.0. The third-order valence-electron chi connectivity index (χ3n) is 3.71. The number of benzene rings is 2. The van der Waals surface area contributed by atoms with Gasteiger partial charge in [-0.1, -0.05) is 23.5 Å². The molecule has 9 nitrogen and oxygen atoms in total. The number of amides is 1. The Labute approximate surface area is 176 Å². The molecule has 0 atom stereocenters. The molecule has 3 N–H and O–H groups in total. The number of sulfonamides is 1. The van der Waals surface area contributed by atoms with Crippen molar-refractivity contribution in [2.45, 2.75) is 11.1 Å². The predicted octanol–water partition coefficient (Wildman–Crippen LogP) is 3.31. The molecule has 0 radical (unpaired) electrons. The number of hydrogen-bond donors (Lipinski definition) is 3. The summed E-state index contributed by atoms with van der Waals surface area (Å²) in [4.78, 5) is 23.2. The highest BCUT2D eigenvalue weighted by Crippen LogP contribution is 2.33. The number of carboxylic acid groups (broad SMARTS) is 1. The molecule has 0 spiro atoms. The fraction of sp³-hybridized carbons (Fsp3) is 0.0588. The standard InChI is InChI=1S/C17H11F3N4O5S2/c18-17(19,20)15-22-23-16(30-15)24-31(28,29)10-7-5-9(6-8-10)21-13(25)11-3-1-2-4-12(11)14(26)27/h1-8H,(H,21,25)(H,23,24)(H,26,27). The van der Waals surface area contributed by atoms with Crippen molar-refractivity contribution in [3.05, 3.63) is 64.7 Å². The van der Waals surface area contributed by atoms with E-state index in [2.05, 4.69) is 15.5 Å². The Balaban J connectivity index is 1.74. The van der Waals surface area contributed by atoms with Crippen molar-refractivity contribution in [2.24, 2.45) is 0 Å². The normalized spacial score (nSPS) is 11.7. The van der Waals surface area contributed by atoms with E-state index in [-0.39, 0.29) is 33.0 Å². The van der Waals surface area contributed by atoms with E-state index in [4.69, 9.17) is 5.11 Å². The van der Waals surface area contributed by atoms with Crippen molar-refractivity contribution in [1.82, 2.24) is 10.2 Å². The highest BCUT2D eigenvalue weighted by molar-refractivity contribution is 7.93. The number of aromatic carboxylic acids is 1. The van der Waals surface area contributed by atoms with Crippen molar-refractivity contribution in [1.29, 1.82) is 0 Å². The number of aromatic nitrogens is 2. The molecular weight excluding hydrogens is 461 g/mol. The van der Waals surface area contributed by atoms with Crippen LogP contribution in [-0.2, 0) is 16.2 Å². The summed E-state index contributed by atoms with van der Waals surface area (Å²) in [5.41, 5.74) is -0.136. The van der Waals surface area contributed by atoms with Crippen LogP contribution in [0.1, 0.15) is 25.7 Å². The average molecular weight is 472 g/mol. The molecule has 0 saturated heterocycles. The van der Waals surface area contributed by atoms with E-state index in [1.807, 2.05) is 4.72 Å². The molecule has 1 aromatic heterocycles. The number of alkyl halides is 3. The molecule has 0 saturated carbocycles. The topological polar surface area (TPSA) is 138 Å². The van der Waals surface area contributed by atoms with Crippen LogP contribution in [0.5, 0.6) is 0 Å². The number of rotatable bonds is 6. The number of halogens is 3. The van der Waals surface area contributed by atoms with Gasteiger partial charge in [0.1, 0.15) is 0 Å². The van der Waals surface area contributed by atoms with E-state index in [0.29, 0.717) is 0 Å². The summed E-state index contributed by atoms with van der Waals surface area (Å²) in [5.74, 6) is -2.01. The fourth-order valence-electron chi connectivity index (χ4n) is 2.34. The molecule has 0 bridgehead atoms. The highest BCUT2D eigenvalue weighted by Gasteiger charge is 2.36. The van der Waals surface area contributed by atoms with Gasteiger partial charge >= 0.3 is 12.1 Å². The van der Waals surface area contributed by atoms with Gasteiger partial charge in [-0.25, -0.2) is 13.2 Å². The molecule has 2 aromatic carbocycles. The van der Waals surface area contributed by atoms with Gasteiger partial charge in [0.2, 0.25) is 10.1 Å². The maximum Gasteiger partial charge on any atom is 0.445 e. The van der Waals surface area contributed by atoms with Gasteiger partial charge in [-0.3, -0.25) is 9.52 Å². The second-order valence-corrected chi connectivity index (χ2v) is 8.50. The Morgan fingerprint density at radius 3 is 2.13 bits per heavy atom. The van der Waals surface area contributed by atoms with E-state index in [1.54, 1.807) is 0 Å². The van der Waals surface area contributed by atoms with Gasteiger partial charge in [-0.15, -0.1) is 10.2 Å². The highest BCUT2D eigenvalue weighted by atomic mass is 32.2.